The Bertz CT molecular complexity index is 1080. The lowest BCUT2D eigenvalue weighted by Gasteiger charge is -2.30. The second-order valence-corrected chi connectivity index (χ2v) is 8.55. The highest BCUT2D eigenvalue weighted by Crippen LogP contribution is 2.31. The molecule has 1 amide bonds. The van der Waals surface area contributed by atoms with Crippen LogP contribution < -0.4 is 5.32 Å². The molecule has 1 saturated carbocycles. The zero-order chi connectivity index (χ0) is 21.2. The Morgan fingerprint density at radius 2 is 2.00 bits per heavy atom. The largest absolute Gasteiger partial charge is 0.465 e. The van der Waals surface area contributed by atoms with Gasteiger partial charge < -0.3 is 15.3 Å². The molecule has 0 aromatic carbocycles. The predicted molar refractivity (Wildman–Crippen MR) is 117 cm³/mol. The molecule has 9 nitrogen and oxygen atoms in total. The Kier molecular flexibility index (Phi) is 5.40. The van der Waals surface area contributed by atoms with Crippen molar-refractivity contribution in [2.24, 2.45) is 5.92 Å². The first-order chi connectivity index (χ1) is 15.2. The SMILES string of the molecule is O=C(O)N1CCCC(CNc2nc(-c3cnn(C4CCCC4)c3)cc3nccnc23)C1. The van der Waals surface area contributed by atoms with Crippen molar-refractivity contribution in [1.29, 1.82) is 0 Å². The van der Waals surface area contributed by atoms with Crippen molar-refractivity contribution in [1.82, 2.24) is 29.6 Å². The summed E-state index contributed by atoms with van der Waals surface area (Å²) in [6.07, 6.45) is 13.2. The van der Waals surface area contributed by atoms with Crippen LogP contribution in [-0.4, -0.2) is 60.5 Å². The standard InChI is InChI=1S/C22H27N7O2/c30-22(31)28-9-3-4-15(13-28)11-25-21-20-19(23-7-8-24-20)10-18(27-21)16-12-26-29(14-16)17-5-1-2-6-17/h7-8,10,12,14-15,17H,1-6,9,11,13H2,(H,25,27)(H,30,31). The minimum atomic E-state index is -0.847. The van der Waals surface area contributed by atoms with Gasteiger partial charge in [-0.15, -0.1) is 0 Å². The lowest BCUT2D eigenvalue weighted by Crippen LogP contribution is -2.41. The molecule has 1 unspecified atom stereocenters. The summed E-state index contributed by atoms with van der Waals surface area (Å²) in [4.78, 5) is 26.6. The van der Waals surface area contributed by atoms with Gasteiger partial charge in [-0.1, -0.05) is 12.8 Å². The highest BCUT2D eigenvalue weighted by Gasteiger charge is 2.24. The minimum Gasteiger partial charge on any atom is -0.465 e. The second-order valence-electron chi connectivity index (χ2n) is 8.55. The Labute approximate surface area is 180 Å². The van der Waals surface area contributed by atoms with E-state index in [2.05, 4.69) is 31.3 Å². The van der Waals surface area contributed by atoms with Crippen LogP contribution in [-0.2, 0) is 0 Å². The third kappa shape index (κ3) is 4.17. The van der Waals surface area contributed by atoms with Crippen molar-refractivity contribution in [3.63, 3.8) is 0 Å². The average molecular weight is 422 g/mol. The van der Waals surface area contributed by atoms with Gasteiger partial charge in [-0.2, -0.15) is 5.10 Å². The van der Waals surface area contributed by atoms with Crippen molar-refractivity contribution < 1.29 is 9.90 Å². The first-order valence-corrected chi connectivity index (χ1v) is 11.1. The number of carboxylic acid groups (broad SMARTS) is 1. The summed E-state index contributed by atoms with van der Waals surface area (Å²) in [5.41, 5.74) is 3.28. The van der Waals surface area contributed by atoms with E-state index in [-0.39, 0.29) is 5.92 Å². The molecule has 1 aliphatic carbocycles. The number of anilines is 1. The average Bonchev–Trinajstić information content (AvgIpc) is 3.49. The lowest BCUT2D eigenvalue weighted by atomic mass is 9.98. The van der Waals surface area contributed by atoms with E-state index in [1.165, 1.54) is 30.6 Å². The normalized spacial score (nSPS) is 19.7. The van der Waals surface area contributed by atoms with Crippen LogP contribution in [0.3, 0.4) is 0 Å². The number of likely N-dealkylation sites (tertiary alicyclic amines) is 1. The third-order valence-corrected chi connectivity index (χ3v) is 6.40. The number of nitrogens with zero attached hydrogens (tertiary/aromatic N) is 6. The molecule has 3 aromatic heterocycles. The van der Waals surface area contributed by atoms with Crippen LogP contribution in [0.25, 0.3) is 22.3 Å². The molecule has 2 aliphatic rings. The van der Waals surface area contributed by atoms with Gasteiger partial charge in [0, 0.05) is 43.8 Å². The molecule has 162 valence electrons. The van der Waals surface area contributed by atoms with Crippen LogP contribution in [0, 0.1) is 5.92 Å². The maximum atomic E-state index is 11.3. The van der Waals surface area contributed by atoms with Gasteiger partial charge in [0.15, 0.2) is 5.82 Å². The van der Waals surface area contributed by atoms with Crippen molar-refractivity contribution in [2.75, 3.05) is 25.0 Å². The lowest BCUT2D eigenvalue weighted by molar-refractivity contribution is 0.122. The Morgan fingerprint density at radius 3 is 2.84 bits per heavy atom. The Balaban J connectivity index is 1.39. The highest BCUT2D eigenvalue weighted by molar-refractivity contribution is 5.88. The molecule has 4 heterocycles. The molecule has 9 heteroatoms. The number of hydrogen-bond acceptors (Lipinski definition) is 6. The van der Waals surface area contributed by atoms with Gasteiger partial charge in [0.05, 0.1) is 23.4 Å². The molecule has 31 heavy (non-hydrogen) atoms. The zero-order valence-corrected chi connectivity index (χ0v) is 17.4. The first-order valence-electron chi connectivity index (χ1n) is 11.1. The predicted octanol–water partition coefficient (Wildman–Crippen LogP) is 3.81. The van der Waals surface area contributed by atoms with Crippen LogP contribution in [0.5, 0.6) is 0 Å². The van der Waals surface area contributed by atoms with Crippen LogP contribution in [0.4, 0.5) is 10.6 Å². The fourth-order valence-electron chi connectivity index (χ4n) is 4.73. The number of rotatable bonds is 5. The molecule has 1 aliphatic heterocycles. The first kappa shape index (κ1) is 19.7. The molecule has 1 atom stereocenters. The van der Waals surface area contributed by atoms with Crippen molar-refractivity contribution >= 4 is 22.9 Å². The van der Waals surface area contributed by atoms with Gasteiger partial charge in [-0.3, -0.25) is 9.67 Å². The van der Waals surface area contributed by atoms with Crippen molar-refractivity contribution in [3.05, 3.63) is 30.9 Å². The fraction of sp³-hybridized carbons (Fsp3) is 0.500. The number of fused-ring (bicyclic) bond motifs is 1. The van der Waals surface area contributed by atoms with Gasteiger partial charge >= 0.3 is 6.09 Å². The van der Waals surface area contributed by atoms with E-state index in [4.69, 9.17) is 4.98 Å². The molecule has 0 radical (unpaired) electrons. The second kappa shape index (κ2) is 8.49. The third-order valence-electron chi connectivity index (χ3n) is 6.40. The van der Waals surface area contributed by atoms with E-state index in [1.54, 1.807) is 12.4 Å². The van der Waals surface area contributed by atoms with E-state index in [0.717, 1.165) is 35.1 Å². The quantitative estimate of drug-likeness (QED) is 0.645. The van der Waals surface area contributed by atoms with Gasteiger partial charge in [-0.05, 0) is 37.7 Å². The van der Waals surface area contributed by atoms with Crippen LogP contribution in [0.2, 0.25) is 0 Å². The zero-order valence-electron chi connectivity index (χ0n) is 17.4. The molecular formula is C22H27N7O2. The summed E-state index contributed by atoms with van der Waals surface area (Å²) in [5.74, 6) is 0.925. The van der Waals surface area contributed by atoms with Crippen molar-refractivity contribution in [3.8, 4) is 11.3 Å². The minimum absolute atomic E-state index is 0.243. The number of amides is 1. The van der Waals surface area contributed by atoms with Gasteiger partial charge in [0.1, 0.15) is 5.52 Å². The smallest absolute Gasteiger partial charge is 0.407 e. The molecule has 3 aromatic rings. The van der Waals surface area contributed by atoms with Crippen LogP contribution in [0.1, 0.15) is 44.6 Å². The Hall–Kier alpha value is -3.23. The molecule has 2 N–H and O–H groups in total. The van der Waals surface area contributed by atoms with Crippen LogP contribution >= 0.6 is 0 Å². The highest BCUT2D eigenvalue weighted by atomic mass is 16.4. The van der Waals surface area contributed by atoms with E-state index in [9.17, 15) is 9.90 Å². The van der Waals surface area contributed by atoms with E-state index in [1.807, 2.05) is 12.3 Å². The summed E-state index contributed by atoms with van der Waals surface area (Å²) in [5, 5.41) is 17.3. The Morgan fingerprint density at radius 1 is 1.16 bits per heavy atom. The van der Waals surface area contributed by atoms with E-state index < -0.39 is 6.09 Å². The molecule has 1 saturated heterocycles. The summed E-state index contributed by atoms with van der Waals surface area (Å²) >= 11 is 0. The van der Waals surface area contributed by atoms with Crippen molar-refractivity contribution in [2.45, 2.75) is 44.6 Å². The molecule has 0 bridgehead atoms. The fourth-order valence-corrected chi connectivity index (χ4v) is 4.73. The summed E-state index contributed by atoms with van der Waals surface area (Å²) < 4.78 is 2.07. The van der Waals surface area contributed by atoms with Gasteiger partial charge in [0.25, 0.3) is 0 Å². The number of piperidine rings is 1. The number of aromatic nitrogens is 5. The number of nitrogens with one attached hydrogen (secondary N) is 1. The molecular weight excluding hydrogens is 394 g/mol. The maximum Gasteiger partial charge on any atom is 0.407 e. The number of pyridine rings is 1. The maximum absolute atomic E-state index is 11.3. The van der Waals surface area contributed by atoms with E-state index in [0.29, 0.717) is 31.5 Å². The van der Waals surface area contributed by atoms with Gasteiger partial charge in [0.2, 0.25) is 0 Å². The summed E-state index contributed by atoms with van der Waals surface area (Å²) in [6.45, 7) is 1.80. The summed E-state index contributed by atoms with van der Waals surface area (Å²) in [7, 11) is 0. The van der Waals surface area contributed by atoms with E-state index >= 15 is 0 Å². The topological polar surface area (TPSA) is 109 Å². The molecule has 5 rings (SSSR count). The molecule has 2 fully saturated rings. The molecule has 0 spiro atoms. The number of carbonyl (C=O) groups is 1. The van der Waals surface area contributed by atoms with Gasteiger partial charge in [-0.25, -0.2) is 14.8 Å². The monoisotopic (exact) mass is 421 g/mol. The van der Waals surface area contributed by atoms with Crippen LogP contribution in [0.15, 0.2) is 30.9 Å². The summed E-state index contributed by atoms with van der Waals surface area (Å²) in [6, 6.07) is 2.44. The number of hydrogen-bond donors (Lipinski definition) is 2.